The van der Waals surface area contributed by atoms with Crippen molar-refractivity contribution in [2.75, 3.05) is 25.6 Å². The van der Waals surface area contributed by atoms with E-state index in [0.29, 0.717) is 12.3 Å². The molecule has 1 aromatic rings. The van der Waals surface area contributed by atoms with E-state index in [1.807, 2.05) is 25.1 Å². The summed E-state index contributed by atoms with van der Waals surface area (Å²) in [5.74, 6) is 0.790. The lowest BCUT2D eigenvalue weighted by Gasteiger charge is -2.07. The zero-order valence-corrected chi connectivity index (χ0v) is 10.4. The number of ether oxygens (including phenoxy) is 2. The molecule has 0 aliphatic carbocycles. The van der Waals surface area contributed by atoms with Gasteiger partial charge in [-0.25, -0.2) is 0 Å². The third-order valence-corrected chi connectivity index (χ3v) is 2.26. The van der Waals surface area contributed by atoms with Gasteiger partial charge < -0.3 is 15.2 Å². The molecule has 0 bridgehead atoms. The number of nitrogens with two attached hydrogens (primary N) is 1. The molecule has 3 nitrogen and oxygen atoms in total. The van der Waals surface area contributed by atoms with E-state index in [2.05, 4.69) is 15.9 Å². The fourth-order valence-corrected chi connectivity index (χ4v) is 1.65. The highest BCUT2D eigenvalue weighted by Crippen LogP contribution is 2.22. The Kier molecular flexibility index (Phi) is 5.50. The van der Waals surface area contributed by atoms with Crippen LogP contribution in [-0.4, -0.2) is 19.8 Å². The summed E-state index contributed by atoms with van der Waals surface area (Å²) in [5, 5.41) is 0. The van der Waals surface area contributed by atoms with Gasteiger partial charge in [0.1, 0.15) is 5.75 Å². The molecule has 0 aliphatic rings. The Bertz CT molecular complexity index is 284. The van der Waals surface area contributed by atoms with Gasteiger partial charge in [0, 0.05) is 35.9 Å². The summed E-state index contributed by atoms with van der Waals surface area (Å²) in [4.78, 5) is 0. The Labute approximate surface area is 98.7 Å². The Morgan fingerprint density at radius 2 is 2.07 bits per heavy atom. The van der Waals surface area contributed by atoms with Crippen molar-refractivity contribution in [2.24, 2.45) is 0 Å². The van der Waals surface area contributed by atoms with Crippen molar-refractivity contribution >= 4 is 21.6 Å². The summed E-state index contributed by atoms with van der Waals surface area (Å²) < 4.78 is 11.7. The van der Waals surface area contributed by atoms with Crippen molar-refractivity contribution in [3.63, 3.8) is 0 Å². The van der Waals surface area contributed by atoms with Gasteiger partial charge in [-0.3, -0.25) is 0 Å². The fourth-order valence-electron chi connectivity index (χ4n) is 1.16. The monoisotopic (exact) mass is 273 g/mol. The lowest BCUT2D eigenvalue weighted by atomic mass is 10.3. The van der Waals surface area contributed by atoms with Crippen LogP contribution in [0, 0.1) is 0 Å². The zero-order chi connectivity index (χ0) is 11.1. The fraction of sp³-hybridized carbons (Fsp3) is 0.455. The van der Waals surface area contributed by atoms with Gasteiger partial charge in [0.2, 0.25) is 0 Å². The predicted molar refractivity (Wildman–Crippen MR) is 65.2 cm³/mol. The Morgan fingerprint density at radius 1 is 1.27 bits per heavy atom. The summed E-state index contributed by atoms with van der Waals surface area (Å²) in [5.41, 5.74) is 6.37. The second-order valence-corrected chi connectivity index (χ2v) is 4.03. The molecule has 0 amide bonds. The van der Waals surface area contributed by atoms with Crippen LogP contribution in [0.4, 0.5) is 5.69 Å². The van der Waals surface area contributed by atoms with Crippen molar-refractivity contribution in [3.8, 4) is 5.75 Å². The number of benzene rings is 1. The molecule has 84 valence electrons. The molecule has 0 atom stereocenters. The third-order valence-electron chi connectivity index (χ3n) is 1.80. The van der Waals surface area contributed by atoms with Crippen molar-refractivity contribution in [2.45, 2.75) is 13.3 Å². The first-order valence-corrected chi connectivity index (χ1v) is 5.78. The lowest BCUT2D eigenvalue weighted by molar-refractivity contribution is 0.131. The molecule has 0 radical (unpaired) electrons. The van der Waals surface area contributed by atoms with Gasteiger partial charge in [-0.2, -0.15) is 0 Å². The summed E-state index contributed by atoms with van der Waals surface area (Å²) in [6.07, 6.45) is 0.889. The topological polar surface area (TPSA) is 44.5 Å². The highest BCUT2D eigenvalue weighted by molar-refractivity contribution is 9.10. The van der Waals surface area contributed by atoms with Crippen molar-refractivity contribution in [3.05, 3.63) is 22.7 Å². The number of hydrogen-bond donors (Lipinski definition) is 1. The molecule has 2 N–H and O–H groups in total. The van der Waals surface area contributed by atoms with Crippen LogP contribution >= 0.6 is 15.9 Å². The Hall–Kier alpha value is -0.740. The van der Waals surface area contributed by atoms with E-state index in [0.717, 1.165) is 29.9 Å². The van der Waals surface area contributed by atoms with Gasteiger partial charge in [0.25, 0.3) is 0 Å². The molecule has 0 spiro atoms. The SMILES string of the molecule is CCOCCCOc1cc(N)cc(Br)c1. The van der Waals surface area contributed by atoms with E-state index < -0.39 is 0 Å². The van der Waals surface area contributed by atoms with Crippen LogP contribution in [0.1, 0.15) is 13.3 Å². The van der Waals surface area contributed by atoms with Crippen LogP contribution in [-0.2, 0) is 4.74 Å². The molecule has 1 aromatic carbocycles. The van der Waals surface area contributed by atoms with Crippen molar-refractivity contribution < 1.29 is 9.47 Å². The van der Waals surface area contributed by atoms with Crippen LogP contribution in [0.3, 0.4) is 0 Å². The molecule has 0 aromatic heterocycles. The Balaban J connectivity index is 2.31. The number of rotatable bonds is 6. The second kappa shape index (κ2) is 6.69. The maximum atomic E-state index is 5.68. The highest BCUT2D eigenvalue weighted by Gasteiger charge is 1.97. The van der Waals surface area contributed by atoms with Crippen LogP contribution in [0.15, 0.2) is 22.7 Å². The van der Waals surface area contributed by atoms with Gasteiger partial charge in [-0.05, 0) is 19.1 Å². The molecule has 1 rings (SSSR count). The maximum Gasteiger partial charge on any atom is 0.122 e. The minimum Gasteiger partial charge on any atom is -0.493 e. The Morgan fingerprint density at radius 3 is 2.73 bits per heavy atom. The standard InChI is InChI=1S/C11H16BrNO2/c1-2-14-4-3-5-15-11-7-9(12)6-10(13)8-11/h6-8H,2-5,13H2,1H3. The van der Waals surface area contributed by atoms with Crippen LogP contribution < -0.4 is 10.5 Å². The highest BCUT2D eigenvalue weighted by atomic mass is 79.9. The minimum absolute atomic E-state index is 0.649. The van der Waals surface area contributed by atoms with Crippen LogP contribution in [0.25, 0.3) is 0 Å². The smallest absolute Gasteiger partial charge is 0.122 e. The minimum atomic E-state index is 0.649. The summed E-state index contributed by atoms with van der Waals surface area (Å²) >= 11 is 3.36. The predicted octanol–water partition coefficient (Wildman–Crippen LogP) is 2.84. The van der Waals surface area contributed by atoms with Crippen molar-refractivity contribution in [1.29, 1.82) is 0 Å². The van der Waals surface area contributed by atoms with E-state index in [1.165, 1.54) is 0 Å². The number of anilines is 1. The van der Waals surface area contributed by atoms with E-state index in [9.17, 15) is 0 Å². The summed E-state index contributed by atoms with van der Waals surface area (Å²) in [7, 11) is 0. The molecular weight excluding hydrogens is 258 g/mol. The van der Waals surface area contributed by atoms with Gasteiger partial charge in [0.15, 0.2) is 0 Å². The summed E-state index contributed by atoms with van der Waals surface area (Å²) in [6, 6.07) is 5.55. The first-order chi connectivity index (χ1) is 7.22. The molecule has 0 saturated carbocycles. The molecule has 0 fully saturated rings. The largest absolute Gasteiger partial charge is 0.493 e. The van der Waals surface area contributed by atoms with E-state index >= 15 is 0 Å². The van der Waals surface area contributed by atoms with Gasteiger partial charge in [-0.1, -0.05) is 15.9 Å². The molecular formula is C11H16BrNO2. The summed E-state index contributed by atoms with van der Waals surface area (Å²) in [6.45, 7) is 4.12. The normalized spacial score (nSPS) is 10.3. The molecule has 0 aliphatic heterocycles. The first kappa shape index (κ1) is 12.3. The third kappa shape index (κ3) is 5.04. The molecule has 0 unspecified atom stereocenters. The van der Waals surface area contributed by atoms with E-state index in [1.54, 1.807) is 0 Å². The van der Waals surface area contributed by atoms with E-state index in [4.69, 9.17) is 15.2 Å². The lowest BCUT2D eigenvalue weighted by Crippen LogP contribution is -2.03. The maximum absolute atomic E-state index is 5.68. The van der Waals surface area contributed by atoms with E-state index in [-0.39, 0.29) is 0 Å². The van der Waals surface area contributed by atoms with Crippen LogP contribution in [0.5, 0.6) is 5.75 Å². The van der Waals surface area contributed by atoms with Crippen molar-refractivity contribution in [1.82, 2.24) is 0 Å². The number of nitrogen functional groups attached to an aromatic ring is 1. The average Bonchev–Trinajstić information content (AvgIpc) is 2.16. The first-order valence-electron chi connectivity index (χ1n) is 4.99. The molecule has 0 heterocycles. The van der Waals surface area contributed by atoms with Gasteiger partial charge in [0.05, 0.1) is 6.61 Å². The number of hydrogen-bond acceptors (Lipinski definition) is 3. The zero-order valence-electron chi connectivity index (χ0n) is 8.83. The van der Waals surface area contributed by atoms with Gasteiger partial charge in [-0.15, -0.1) is 0 Å². The van der Waals surface area contributed by atoms with Crippen LogP contribution in [0.2, 0.25) is 0 Å². The average molecular weight is 274 g/mol. The molecule has 4 heteroatoms. The number of halogens is 1. The molecule has 15 heavy (non-hydrogen) atoms. The van der Waals surface area contributed by atoms with Gasteiger partial charge >= 0.3 is 0 Å². The quantitative estimate of drug-likeness (QED) is 0.640. The molecule has 0 saturated heterocycles. The second-order valence-electron chi connectivity index (χ2n) is 3.12.